The lowest BCUT2D eigenvalue weighted by atomic mass is 10.2. The van der Waals surface area contributed by atoms with Gasteiger partial charge in [-0.25, -0.2) is 4.98 Å². The second kappa shape index (κ2) is 8.80. The van der Waals surface area contributed by atoms with Crippen molar-refractivity contribution in [3.05, 3.63) is 18.3 Å². The van der Waals surface area contributed by atoms with Crippen LogP contribution in [0.2, 0.25) is 0 Å². The highest BCUT2D eigenvalue weighted by Gasteiger charge is 2.09. The molecule has 0 saturated carbocycles. The summed E-state index contributed by atoms with van der Waals surface area (Å²) in [4.78, 5) is 6.93. The summed E-state index contributed by atoms with van der Waals surface area (Å²) in [5, 5.41) is 3.41. The molecule has 2 heterocycles. The van der Waals surface area contributed by atoms with Gasteiger partial charge in [-0.05, 0) is 44.5 Å². The van der Waals surface area contributed by atoms with E-state index in [2.05, 4.69) is 22.1 Å². The number of likely N-dealkylation sites (tertiary alicyclic amines) is 1. The molecule has 0 aliphatic carbocycles. The lowest BCUT2D eigenvalue weighted by Crippen LogP contribution is -2.30. The number of ether oxygens (including phenoxy) is 1. The molecule has 4 nitrogen and oxygen atoms in total. The van der Waals surface area contributed by atoms with E-state index in [0.29, 0.717) is 0 Å². The van der Waals surface area contributed by atoms with Crippen LogP contribution in [0.4, 0.5) is 5.82 Å². The van der Waals surface area contributed by atoms with Gasteiger partial charge < -0.3 is 15.0 Å². The molecule has 4 heteroatoms. The average molecular weight is 277 g/mol. The van der Waals surface area contributed by atoms with E-state index in [0.717, 1.165) is 37.7 Å². The third-order valence-electron chi connectivity index (χ3n) is 3.65. The Labute approximate surface area is 122 Å². The summed E-state index contributed by atoms with van der Waals surface area (Å²) in [7, 11) is 0. The fourth-order valence-electron chi connectivity index (χ4n) is 2.54. The van der Waals surface area contributed by atoms with E-state index in [1.54, 1.807) is 0 Å². The Hall–Kier alpha value is -1.29. The van der Waals surface area contributed by atoms with Gasteiger partial charge in [-0.1, -0.05) is 19.8 Å². The van der Waals surface area contributed by atoms with Crippen molar-refractivity contribution in [1.29, 1.82) is 0 Å². The number of rotatable bonds is 7. The molecule has 112 valence electrons. The summed E-state index contributed by atoms with van der Waals surface area (Å²) in [6.07, 6.45) is 8.29. The lowest BCUT2D eigenvalue weighted by Gasteiger charge is -2.20. The summed E-state index contributed by atoms with van der Waals surface area (Å²) in [6, 6.07) is 3.90. The molecule has 20 heavy (non-hydrogen) atoms. The number of anilines is 1. The molecule has 0 unspecified atom stereocenters. The second-order valence-electron chi connectivity index (χ2n) is 5.38. The van der Waals surface area contributed by atoms with E-state index in [1.165, 1.54) is 38.8 Å². The van der Waals surface area contributed by atoms with Crippen LogP contribution in [0.5, 0.6) is 5.75 Å². The van der Waals surface area contributed by atoms with Gasteiger partial charge in [-0.15, -0.1) is 0 Å². The standard InChI is InChI=1S/C16H27N3O/c1-2-14-20-15-8-7-9-17-16(15)18-10-13-19-11-5-3-4-6-12-19/h7-9H,2-6,10-14H2,1H3,(H,17,18). The minimum atomic E-state index is 0.743. The minimum absolute atomic E-state index is 0.743. The van der Waals surface area contributed by atoms with Crippen molar-refractivity contribution in [3.63, 3.8) is 0 Å². The zero-order valence-corrected chi connectivity index (χ0v) is 12.6. The van der Waals surface area contributed by atoms with Crippen molar-refractivity contribution in [2.75, 3.05) is 38.1 Å². The largest absolute Gasteiger partial charge is 0.490 e. The molecular formula is C16H27N3O. The van der Waals surface area contributed by atoms with Crippen LogP contribution >= 0.6 is 0 Å². The Morgan fingerprint density at radius 3 is 2.80 bits per heavy atom. The summed E-state index contributed by atoms with van der Waals surface area (Å²) in [5.41, 5.74) is 0. The molecule has 1 N–H and O–H groups in total. The quantitative estimate of drug-likeness (QED) is 0.830. The van der Waals surface area contributed by atoms with Crippen LogP contribution in [0.15, 0.2) is 18.3 Å². The first-order valence-corrected chi connectivity index (χ1v) is 7.94. The van der Waals surface area contributed by atoms with Crippen LogP contribution in [0.1, 0.15) is 39.0 Å². The third kappa shape index (κ3) is 5.00. The first kappa shape index (κ1) is 15.1. The number of hydrogen-bond acceptors (Lipinski definition) is 4. The molecule has 1 aromatic rings. The number of hydrogen-bond donors (Lipinski definition) is 1. The maximum atomic E-state index is 5.71. The maximum Gasteiger partial charge on any atom is 0.168 e. The third-order valence-corrected chi connectivity index (χ3v) is 3.65. The predicted octanol–water partition coefficient (Wildman–Crippen LogP) is 3.16. The van der Waals surface area contributed by atoms with Crippen LogP contribution in [0.3, 0.4) is 0 Å². The van der Waals surface area contributed by atoms with Crippen LogP contribution in [0, 0.1) is 0 Å². The van der Waals surface area contributed by atoms with E-state index in [9.17, 15) is 0 Å². The highest BCUT2D eigenvalue weighted by Crippen LogP contribution is 2.20. The van der Waals surface area contributed by atoms with Crippen LogP contribution in [-0.2, 0) is 0 Å². The molecular weight excluding hydrogens is 250 g/mol. The van der Waals surface area contributed by atoms with Gasteiger partial charge in [-0.3, -0.25) is 0 Å². The molecule has 1 aliphatic heterocycles. The summed E-state index contributed by atoms with van der Waals surface area (Å²) in [5.74, 6) is 1.74. The van der Waals surface area contributed by atoms with Crippen LogP contribution < -0.4 is 10.1 Å². The van der Waals surface area contributed by atoms with Gasteiger partial charge in [0.05, 0.1) is 6.61 Å². The number of nitrogens with zero attached hydrogens (tertiary/aromatic N) is 2. The average Bonchev–Trinajstić information content (AvgIpc) is 2.75. The number of pyridine rings is 1. The van der Waals surface area contributed by atoms with Crippen molar-refractivity contribution < 1.29 is 4.74 Å². The fraction of sp³-hybridized carbons (Fsp3) is 0.688. The van der Waals surface area contributed by atoms with Gasteiger partial charge in [0, 0.05) is 19.3 Å². The molecule has 0 radical (unpaired) electrons. The molecule has 0 bridgehead atoms. The van der Waals surface area contributed by atoms with E-state index in [-0.39, 0.29) is 0 Å². The van der Waals surface area contributed by atoms with Gasteiger partial charge in [0.15, 0.2) is 11.6 Å². The summed E-state index contributed by atoms with van der Waals surface area (Å²) >= 11 is 0. The molecule has 1 aliphatic rings. The van der Waals surface area contributed by atoms with E-state index in [1.807, 2.05) is 18.3 Å². The zero-order chi connectivity index (χ0) is 14.0. The lowest BCUT2D eigenvalue weighted by molar-refractivity contribution is 0.295. The Kier molecular flexibility index (Phi) is 6.64. The Balaban J connectivity index is 1.77. The fourth-order valence-corrected chi connectivity index (χ4v) is 2.54. The van der Waals surface area contributed by atoms with Gasteiger partial charge in [-0.2, -0.15) is 0 Å². The van der Waals surface area contributed by atoms with Crippen LogP contribution in [-0.4, -0.2) is 42.7 Å². The van der Waals surface area contributed by atoms with Gasteiger partial charge >= 0.3 is 0 Å². The zero-order valence-electron chi connectivity index (χ0n) is 12.6. The second-order valence-corrected chi connectivity index (χ2v) is 5.38. The number of aromatic nitrogens is 1. The van der Waals surface area contributed by atoms with Crippen LogP contribution in [0.25, 0.3) is 0 Å². The van der Waals surface area contributed by atoms with E-state index in [4.69, 9.17) is 4.74 Å². The van der Waals surface area contributed by atoms with E-state index >= 15 is 0 Å². The summed E-state index contributed by atoms with van der Waals surface area (Å²) in [6.45, 7) is 7.35. The first-order valence-electron chi connectivity index (χ1n) is 7.94. The number of nitrogens with one attached hydrogen (secondary N) is 1. The van der Waals surface area contributed by atoms with Crippen molar-refractivity contribution in [1.82, 2.24) is 9.88 Å². The molecule has 1 saturated heterocycles. The molecule has 1 aromatic heterocycles. The molecule has 1 fully saturated rings. The molecule has 0 atom stereocenters. The Bertz CT molecular complexity index is 376. The Morgan fingerprint density at radius 1 is 1.25 bits per heavy atom. The first-order chi connectivity index (χ1) is 9.90. The maximum absolute atomic E-state index is 5.71. The molecule has 0 spiro atoms. The smallest absolute Gasteiger partial charge is 0.168 e. The van der Waals surface area contributed by atoms with Crippen molar-refractivity contribution in [2.45, 2.75) is 39.0 Å². The van der Waals surface area contributed by atoms with Crippen molar-refractivity contribution in [3.8, 4) is 5.75 Å². The Morgan fingerprint density at radius 2 is 2.05 bits per heavy atom. The molecule has 0 amide bonds. The van der Waals surface area contributed by atoms with Gasteiger partial charge in [0.2, 0.25) is 0 Å². The van der Waals surface area contributed by atoms with Crippen molar-refractivity contribution >= 4 is 5.82 Å². The highest BCUT2D eigenvalue weighted by atomic mass is 16.5. The minimum Gasteiger partial charge on any atom is -0.490 e. The van der Waals surface area contributed by atoms with E-state index < -0.39 is 0 Å². The molecule has 0 aromatic carbocycles. The van der Waals surface area contributed by atoms with Gasteiger partial charge in [0.1, 0.15) is 0 Å². The SMILES string of the molecule is CCCOc1cccnc1NCCN1CCCCCC1. The highest BCUT2D eigenvalue weighted by molar-refractivity contribution is 5.49. The van der Waals surface area contributed by atoms with Crippen molar-refractivity contribution in [2.24, 2.45) is 0 Å². The van der Waals surface area contributed by atoms with Gasteiger partial charge in [0.25, 0.3) is 0 Å². The predicted molar refractivity (Wildman–Crippen MR) is 83.4 cm³/mol. The summed E-state index contributed by atoms with van der Waals surface area (Å²) < 4.78 is 5.71. The topological polar surface area (TPSA) is 37.4 Å². The monoisotopic (exact) mass is 277 g/mol. The molecule has 2 rings (SSSR count). The normalized spacial score (nSPS) is 16.6.